The van der Waals surface area contributed by atoms with E-state index in [1.807, 2.05) is 0 Å². The third kappa shape index (κ3) is 3.97. The molecule has 1 aromatic carbocycles. The highest BCUT2D eigenvalue weighted by Crippen LogP contribution is 2.52. The second-order valence-corrected chi connectivity index (χ2v) is 8.41. The van der Waals surface area contributed by atoms with Crippen molar-refractivity contribution in [3.63, 3.8) is 0 Å². The summed E-state index contributed by atoms with van der Waals surface area (Å²) in [6, 6.07) is 9.93. The molecule has 0 spiro atoms. The zero-order valence-corrected chi connectivity index (χ0v) is 17.7. The molecular weight excluding hydrogens is 459 g/mol. The van der Waals surface area contributed by atoms with Crippen LogP contribution in [-0.2, 0) is 22.8 Å². The normalized spacial score (nSPS) is 17.5. The molecule has 1 aliphatic carbocycles. The van der Waals surface area contributed by atoms with Crippen LogP contribution in [0.5, 0.6) is 11.5 Å². The van der Waals surface area contributed by atoms with Gasteiger partial charge in [0, 0.05) is 18.3 Å². The molecule has 2 aromatic heterocycles. The number of rotatable bonds is 5. The van der Waals surface area contributed by atoms with E-state index in [2.05, 4.69) is 19.4 Å². The molecule has 0 bridgehead atoms. The summed E-state index contributed by atoms with van der Waals surface area (Å²) >= 11 is 0. The van der Waals surface area contributed by atoms with E-state index in [9.17, 15) is 26.7 Å². The Hall–Kier alpha value is -3.56. The summed E-state index contributed by atoms with van der Waals surface area (Å²) in [6.07, 6.45) is -6.40. The molecule has 0 amide bonds. The van der Waals surface area contributed by atoms with Gasteiger partial charge in [-0.05, 0) is 61.2 Å². The molecule has 0 N–H and O–H groups in total. The van der Waals surface area contributed by atoms with E-state index in [1.165, 1.54) is 18.2 Å². The molecule has 0 unspecified atom stereocenters. The van der Waals surface area contributed by atoms with Crippen molar-refractivity contribution in [3.8, 4) is 22.9 Å². The van der Waals surface area contributed by atoms with E-state index in [0.29, 0.717) is 35.4 Å². The molecule has 0 radical (unpaired) electrons. The lowest BCUT2D eigenvalue weighted by Gasteiger charge is -2.15. The third-order valence-corrected chi connectivity index (χ3v) is 6.07. The minimum absolute atomic E-state index is 0.0292. The van der Waals surface area contributed by atoms with Crippen molar-refractivity contribution in [1.29, 1.82) is 0 Å². The van der Waals surface area contributed by atoms with Crippen molar-refractivity contribution in [1.82, 2.24) is 9.97 Å². The lowest BCUT2D eigenvalue weighted by atomic mass is 9.88. The van der Waals surface area contributed by atoms with Crippen LogP contribution in [0.25, 0.3) is 11.4 Å². The van der Waals surface area contributed by atoms with Crippen LogP contribution in [0.15, 0.2) is 48.7 Å². The smallest absolute Gasteiger partial charge is 0.395 e. The fourth-order valence-electron chi connectivity index (χ4n) is 4.06. The number of fused-ring (bicyclic) bond motifs is 1. The summed E-state index contributed by atoms with van der Waals surface area (Å²) in [5, 5.41) is 0. The highest BCUT2D eigenvalue weighted by atomic mass is 19.4. The summed E-state index contributed by atoms with van der Waals surface area (Å²) < 4.78 is 74.1. The van der Waals surface area contributed by atoms with Crippen molar-refractivity contribution in [2.24, 2.45) is 0 Å². The molecule has 1 fully saturated rings. The number of benzene rings is 1. The Morgan fingerprint density at radius 3 is 2.41 bits per heavy atom. The highest BCUT2D eigenvalue weighted by Gasteiger charge is 2.52. The molecule has 1 aliphatic heterocycles. The SMILES string of the molecule is Cc1ccc(CC(=O)C2(c3ccc4c(c3)OC(F)(F)O4)CC2)nc1-c1ccc(C(F)(F)F)cn1. The van der Waals surface area contributed by atoms with Crippen LogP contribution in [0.2, 0.25) is 0 Å². The number of carbonyl (C=O) groups excluding carboxylic acids is 1. The molecular formula is C24H17F5N2O3. The van der Waals surface area contributed by atoms with Gasteiger partial charge in [-0.15, -0.1) is 8.78 Å². The van der Waals surface area contributed by atoms with E-state index in [-0.39, 0.29) is 29.4 Å². The number of nitrogens with zero attached hydrogens (tertiary/aromatic N) is 2. The minimum Gasteiger partial charge on any atom is -0.395 e. The van der Waals surface area contributed by atoms with Gasteiger partial charge in [-0.25, -0.2) is 0 Å². The molecule has 3 aromatic rings. The number of ether oxygens (including phenoxy) is 2. The Balaban J connectivity index is 1.38. The first-order valence-electron chi connectivity index (χ1n) is 10.4. The fraction of sp³-hybridized carbons (Fsp3) is 0.292. The Labute approximate surface area is 190 Å². The summed E-state index contributed by atoms with van der Waals surface area (Å²) in [4.78, 5) is 21.6. The van der Waals surface area contributed by atoms with E-state index in [1.54, 1.807) is 25.1 Å². The summed E-state index contributed by atoms with van der Waals surface area (Å²) in [5.41, 5.74) is 0.654. The number of ketones is 1. The summed E-state index contributed by atoms with van der Waals surface area (Å²) in [6.45, 7) is 1.75. The second kappa shape index (κ2) is 7.48. The maximum atomic E-state index is 13.3. The molecule has 2 aliphatic rings. The van der Waals surface area contributed by atoms with Crippen molar-refractivity contribution in [2.75, 3.05) is 0 Å². The van der Waals surface area contributed by atoms with Gasteiger partial charge in [0.25, 0.3) is 0 Å². The maximum Gasteiger partial charge on any atom is 0.586 e. The first-order chi connectivity index (χ1) is 16.0. The topological polar surface area (TPSA) is 61.3 Å². The molecule has 34 heavy (non-hydrogen) atoms. The molecule has 1 saturated carbocycles. The van der Waals surface area contributed by atoms with Gasteiger partial charge in [0.1, 0.15) is 5.78 Å². The van der Waals surface area contributed by atoms with Crippen LogP contribution in [0.3, 0.4) is 0 Å². The molecule has 0 atom stereocenters. The van der Waals surface area contributed by atoms with Gasteiger partial charge in [-0.1, -0.05) is 12.1 Å². The predicted octanol–water partition coefficient (Wildman–Crippen LogP) is 5.64. The standard InChI is InChI=1S/C24H17F5N2O3/c1-13-2-5-16(31-21(13)17-6-3-15(12-30-17)23(25,26)27)11-20(32)22(8-9-22)14-4-7-18-19(10-14)34-24(28,29)33-18/h2-7,10,12H,8-9,11H2,1H3. The molecule has 176 valence electrons. The third-order valence-electron chi connectivity index (χ3n) is 6.07. The Morgan fingerprint density at radius 1 is 1.03 bits per heavy atom. The number of aromatic nitrogens is 2. The van der Waals surface area contributed by atoms with Crippen molar-refractivity contribution >= 4 is 5.78 Å². The predicted molar refractivity (Wildman–Crippen MR) is 109 cm³/mol. The minimum atomic E-state index is -4.49. The van der Waals surface area contributed by atoms with Crippen LogP contribution in [0.1, 0.15) is 35.2 Å². The lowest BCUT2D eigenvalue weighted by Crippen LogP contribution is -2.26. The largest absolute Gasteiger partial charge is 0.586 e. The first kappa shape index (κ1) is 22.2. The van der Waals surface area contributed by atoms with E-state index in [4.69, 9.17) is 0 Å². The van der Waals surface area contributed by atoms with Crippen LogP contribution < -0.4 is 9.47 Å². The zero-order valence-electron chi connectivity index (χ0n) is 17.7. The molecule has 3 heterocycles. The quantitative estimate of drug-likeness (QED) is 0.447. The van der Waals surface area contributed by atoms with Gasteiger partial charge < -0.3 is 9.47 Å². The fourth-order valence-corrected chi connectivity index (χ4v) is 4.06. The number of aryl methyl sites for hydroxylation is 1. The summed E-state index contributed by atoms with van der Waals surface area (Å²) in [5.74, 6) is -0.350. The number of pyridine rings is 2. The molecule has 5 nitrogen and oxygen atoms in total. The molecule has 0 saturated heterocycles. The zero-order chi connectivity index (χ0) is 24.3. The maximum absolute atomic E-state index is 13.3. The number of hydrogen-bond acceptors (Lipinski definition) is 5. The average Bonchev–Trinajstić information content (AvgIpc) is 3.52. The van der Waals surface area contributed by atoms with Crippen molar-refractivity contribution in [3.05, 3.63) is 71.0 Å². The van der Waals surface area contributed by atoms with E-state index >= 15 is 0 Å². The number of hydrogen-bond donors (Lipinski definition) is 0. The van der Waals surface area contributed by atoms with Gasteiger partial charge in [-0.3, -0.25) is 14.8 Å². The van der Waals surface area contributed by atoms with Crippen LogP contribution in [-0.4, -0.2) is 22.0 Å². The monoisotopic (exact) mass is 476 g/mol. The second-order valence-electron chi connectivity index (χ2n) is 8.41. The lowest BCUT2D eigenvalue weighted by molar-refractivity contribution is -0.286. The van der Waals surface area contributed by atoms with Crippen LogP contribution >= 0.6 is 0 Å². The van der Waals surface area contributed by atoms with Gasteiger partial charge in [0.15, 0.2) is 11.5 Å². The first-order valence-corrected chi connectivity index (χ1v) is 10.4. The van der Waals surface area contributed by atoms with Crippen molar-refractivity contribution < 1.29 is 36.2 Å². The van der Waals surface area contributed by atoms with Crippen LogP contribution in [0, 0.1) is 6.92 Å². The van der Waals surface area contributed by atoms with Crippen molar-refractivity contribution in [2.45, 2.75) is 44.1 Å². The van der Waals surface area contributed by atoms with E-state index < -0.39 is 23.4 Å². The number of halogens is 5. The van der Waals surface area contributed by atoms with Gasteiger partial charge in [0.05, 0.1) is 22.4 Å². The average molecular weight is 476 g/mol. The summed E-state index contributed by atoms with van der Waals surface area (Å²) in [7, 11) is 0. The number of Topliss-reactive ketones (excluding diaryl/α,β-unsaturated/α-hetero) is 1. The van der Waals surface area contributed by atoms with Gasteiger partial charge in [-0.2, -0.15) is 13.2 Å². The number of alkyl halides is 5. The molecule has 10 heteroatoms. The highest BCUT2D eigenvalue weighted by molar-refractivity contribution is 5.94. The van der Waals surface area contributed by atoms with E-state index in [0.717, 1.165) is 12.3 Å². The Morgan fingerprint density at radius 2 is 1.76 bits per heavy atom. The Bertz CT molecular complexity index is 1280. The number of carbonyl (C=O) groups is 1. The Kier molecular flexibility index (Phi) is 4.89. The van der Waals surface area contributed by atoms with Crippen LogP contribution in [0.4, 0.5) is 22.0 Å². The van der Waals surface area contributed by atoms with Gasteiger partial charge in [0.2, 0.25) is 0 Å². The van der Waals surface area contributed by atoms with Gasteiger partial charge >= 0.3 is 12.5 Å². The molecule has 5 rings (SSSR count).